The van der Waals surface area contributed by atoms with Crippen LogP contribution >= 0.6 is 0 Å². The molecule has 1 heterocycles. The number of carboxylic acids is 1. The first-order valence-corrected chi connectivity index (χ1v) is 10.1. The van der Waals surface area contributed by atoms with Crippen LogP contribution in [0.3, 0.4) is 0 Å². The van der Waals surface area contributed by atoms with E-state index in [1.54, 1.807) is 44.2 Å². The zero-order valence-corrected chi connectivity index (χ0v) is 17.8. The lowest BCUT2D eigenvalue weighted by Gasteiger charge is -2.27. The Balaban J connectivity index is 2.22. The Kier molecular flexibility index (Phi) is 6.11. The molecule has 0 saturated carbocycles. The molecule has 0 aliphatic heterocycles. The van der Waals surface area contributed by atoms with Crippen LogP contribution in [0.5, 0.6) is 0 Å². The summed E-state index contributed by atoms with van der Waals surface area (Å²) in [6.45, 7) is 3.58. The smallest absolute Gasteiger partial charge is 0.314 e. The normalized spacial score (nSPS) is 11.9. The molecular weight excluding hydrogens is 378 g/mol. The summed E-state index contributed by atoms with van der Waals surface area (Å²) in [6, 6.07) is 14.9. The van der Waals surface area contributed by atoms with Gasteiger partial charge in [-0.05, 0) is 48.7 Å². The van der Waals surface area contributed by atoms with Gasteiger partial charge in [0.25, 0.3) is 0 Å². The Morgan fingerprint density at radius 2 is 1.67 bits per heavy atom. The Morgan fingerprint density at radius 3 is 2.23 bits per heavy atom. The number of hydrogen-bond donors (Lipinski definition) is 1. The van der Waals surface area contributed by atoms with Crippen LogP contribution in [0.25, 0.3) is 23.1 Å². The van der Waals surface area contributed by atoms with E-state index in [0.717, 1.165) is 11.3 Å². The lowest BCUT2D eigenvalue weighted by Crippen LogP contribution is -2.39. The first kappa shape index (κ1) is 21.4. The van der Waals surface area contributed by atoms with E-state index in [9.17, 15) is 14.7 Å². The number of anilines is 1. The Bertz CT molecular complexity index is 1140. The topological polar surface area (TPSA) is 70.8 Å². The van der Waals surface area contributed by atoms with Crippen molar-refractivity contribution in [1.82, 2.24) is 0 Å². The maximum Gasteiger partial charge on any atom is 0.314 e. The molecule has 0 spiro atoms. The van der Waals surface area contributed by atoms with Crippen LogP contribution in [-0.4, -0.2) is 25.2 Å². The van der Waals surface area contributed by atoms with Crippen LogP contribution in [0, 0.1) is 0 Å². The summed E-state index contributed by atoms with van der Waals surface area (Å²) in [5.74, 6) is -0.721. The van der Waals surface area contributed by atoms with E-state index in [-0.39, 0.29) is 11.0 Å². The Hall–Kier alpha value is -3.34. The fourth-order valence-corrected chi connectivity index (χ4v) is 3.80. The molecule has 0 radical (unpaired) electrons. The van der Waals surface area contributed by atoms with E-state index in [2.05, 4.69) is 0 Å². The van der Waals surface area contributed by atoms with Crippen LogP contribution < -0.4 is 10.3 Å². The van der Waals surface area contributed by atoms with E-state index < -0.39 is 11.4 Å². The van der Waals surface area contributed by atoms with Crippen molar-refractivity contribution in [3.05, 3.63) is 75.6 Å². The molecule has 0 bridgehead atoms. The number of aliphatic carboxylic acids is 1. The Morgan fingerprint density at radius 1 is 1.03 bits per heavy atom. The van der Waals surface area contributed by atoms with E-state index in [0.29, 0.717) is 29.6 Å². The molecule has 5 nitrogen and oxygen atoms in total. The molecule has 3 aromatic rings. The molecule has 5 heteroatoms. The van der Waals surface area contributed by atoms with Gasteiger partial charge >= 0.3 is 5.97 Å². The summed E-state index contributed by atoms with van der Waals surface area (Å²) in [5, 5.41) is 10.5. The quantitative estimate of drug-likeness (QED) is 0.587. The molecule has 0 fully saturated rings. The molecule has 0 saturated heterocycles. The predicted octanol–water partition coefficient (Wildman–Crippen LogP) is 5.17. The highest BCUT2D eigenvalue weighted by atomic mass is 16.4. The van der Waals surface area contributed by atoms with Gasteiger partial charge in [0.2, 0.25) is 0 Å². The largest absolute Gasteiger partial charge is 0.481 e. The minimum atomic E-state index is -1.31. The number of rotatable bonds is 7. The summed E-state index contributed by atoms with van der Waals surface area (Å²) < 4.78 is 6.06. The molecule has 2 aromatic carbocycles. The maximum atomic E-state index is 13.4. The summed E-state index contributed by atoms with van der Waals surface area (Å²) >= 11 is 0. The summed E-state index contributed by atoms with van der Waals surface area (Å²) in [5.41, 5.74) is 1.06. The predicted molar refractivity (Wildman–Crippen MR) is 122 cm³/mol. The number of carboxylic acid groups (broad SMARTS) is 1. The van der Waals surface area contributed by atoms with Crippen LogP contribution in [0.2, 0.25) is 0 Å². The van der Waals surface area contributed by atoms with Gasteiger partial charge in [0, 0.05) is 19.8 Å². The van der Waals surface area contributed by atoms with Crippen molar-refractivity contribution in [1.29, 1.82) is 0 Å². The minimum absolute atomic E-state index is 0.208. The van der Waals surface area contributed by atoms with Crippen LogP contribution in [0.15, 0.2) is 57.7 Å². The van der Waals surface area contributed by atoms with Crippen molar-refractivity contribution in [2.45, 2.75) is 32.1 Å². The molecule has 3 rings (SSSR count). The second kappa shape index (κ2) is 8.57. The number of fused-ring (bicyclic) bond motifs is 1. The standard InChI is InChI=1S/C25H27NO4/c1-5-25(6-2,24(28)29)22-21(30-20-10-8-7-9-19(20)23(22)27)16-13-17-11-14-18(15-12-17)26(3)4/h7-16H,5-6H2,1-4H3,(H,28,29). The van der Waals surface area contributed by atoms with Gasteiger partial charge in [-0.3, -0.25) is 9.59 Å². The molecule has 30 heavy (non-hydrogen) atoms. The van der Waals surface area contributed by atoms with Crippen LogP contribution in [0.1, 0.15) is 43.6 Å². The molecule has 1 aromatic heterocycles. The van der Waals surface area contributed by atoms with Gasteiger partial charge in [-0.15, -0.1) is 0 Å². The zero-order valence-electron chi connectivity index (χ0n) is 17.8. The van der Waals surface area contributed by atoms with Gasteiger partial charge in [-0.25, -0.2) is 0 Å². The second-order valence-electron chi connectivity index (χ2n) is 7.58. The monoisotopic (exact) mass is 405 g/mol. The number of hydrogen-bond acceptors (Lipinski definition) is 4. The molecule has 0 aliphatic carbocycles. The highest BCUT2D eigenvalue weighted by Gasteiger charge is 2.41. The maximum absolute atomic E-state index is 13.4. The van der Waals surface area contributed by atoms with E-state index in [4.69, 9.17) is 4.42 Å². The van der Waals surface area contributed by atoms with Crippen molar-refractivity contribution in [2.75, 3.05) is 19.0 Å². The molecule has 0 unspecified atom stereocenters. The molecule has 156 valence electrons. The number of nitrogens with zero attached hydrogens (tertiary/aromatic N) is 1. The molecule has 0 aliphatic rings. The third kappa shape index (κ3) is 3.75. The van der Waals surface area contributed by atoms with Crippen LogP contribution in [-0.2, 0) is 10.2 Å². The average molecular weight is 405 g/mol. The summed E-state index contributed by atoms with van der Waals surface area (Å²) in [7, 11) is 3.95. The van der Waals surface area contributed by atoms with Gasteiger partial charge in [-0.2, -0.15) is 0 Å². The highest BCUT2D eigenvalue weighted by Crippen LogP contribution is 2.34. The first-order chi connectivity index (χ1) is 14.3. The summed E-state index contributed by atoms with van der Waals surface area (Å²) in [4.78, 5) is 27.7. The number of benzene rings is 2. The molecule has 0 atom stereocenters. The van der Waals surface area contributed by atoms with Crippen molar-refractivity contribution >= 4 is 34.8 Å². The van der Waals surface area contributed by atoms with E-state index in [1.165, 1.54) is 0 Å². The molecular formula is C25H27NO4. The molecule has 1 N–H and O–H groups in total. The van der Waals surface area contributed by atoms with Gasteiger partial charge in [0.1, 0.15) is 11.3 Å². The lowest BCUT2D eigenvalue weighted by molar-refractivity contribution is -0.144. The lowest BCUT2D eigenvalue weighted by atomic mass is 9.74. The molecule has 0 amide bonds. The SMILES string of the molecule is CCC(CC)(C(=O)O)c1c(C=Cc2ccc(N(C)C)cc2)oc2ccccc2c1=O. The van der Waals surface area contributed by atoms with E-state index >= 15 is 0 Å². The van der Waals surface area contributed by atoms with Gasteiger partial charge in [0.05, 0.1) is 16.4 Å². The highest BCUT2D eigenvalue weighted by molar-refractivity contribution is 5.87. The third-order valence-corrected chi connectivity index (χ3v) is 5.76. The zero-order chi connectivity index (χ0) is 21.9. The fourth-order valence-electron chi connectivity index (χ4n) is 3.80. The van der Waals surface area contributed by atoms with Crippen molar-refractivity contribution in [3.8, 4) is 0 Å². The van der Waals surface area contributed by atoms with Crippen molar-refractivity contribution in [2.24, 2.45) is 0 Å². The van der Waals surface area contributed by atoms with Gasteiger partial charge in [-0.1, -0.05) is 44.2 Å². The van der Waals surface area contributed by atoms with Crippen molar-refractivity contribution < 1.29 is 14.3 Å². The van der Waals surface area contributed by atoms with Gasteiger partial charge < -0.3 is 14.4 Å². The van der Waals surface area contributed by atoms with Crippen molar-refractivity contribution in [3.63, 3.8) is 0 Å². The first-order valence-electron chi connectivity index (χ1n) is 10.1. The Labute approximate surface area is 176 Å². The fraction of sp³-hybridized carbons (Fsp3) is 0.280. The number of carbonyl (C=O) groups is 1. The third-order valence-electron chi connectivity index (χ3n) is 5.76. The number of para-hydroxylation sites is 1. The van der Waals surface area contributed by atoms with Crippen LogP contribution in [0.4, 0.5) is 5.69 Å². The van der Waals surface area contributed by atoms with E-state index in [1.807, 2.05) is 49.3 Å². The summed E-state index contributed by atoms with van der Waals surface area (Å²) in [6.07, 6.45) is 4.13. The minimum Gasteiger partial charge on any atom is -0.481 e. The second-order valence-corrected chi connectivity index (χ2v) is 7.58. The van der Waals surface area contributed by atoms with Gasteiger partial charge in [0.15, 0.2) is 5.43 Å². The average Bonchev–Trinajstić information content (AvgIpc) is 2.75.